The average molecular weight is 456 g/mol. The van der Waals surface area contributed by atoms with Crippen molar-refractivity contribution in [3.05, 3.63) is 51.3 Å². The summed E-state index contributed by atoms with van der Waals surface area (Å²) in [5.41, 5.74) is 0.817. The topological polar surface area (TPSA) is 74.7 Å². The van der Waals surface area contributed by atoms with Crippen molar-refractivity contribution in [2.24, 2.45) is 0 Å². The van der Waals surface area contributed by atoms with Gasteiger partial charge in [0.05, 0.1) is 5.57 Å². The Hall–Kier alpha value is -1.48. The maximum Gasteiger partial charge on any atom is 0.337 e. The van der Waals surface area contributed by atoms with Crippen LogP contribution in [-0.4, -0.2) is 36.9 Å². The summed E-state index contributed by atoms with van der Waals surface area (Å²) in [5, 5.41) is 9.57. The van der Waals surface area contributed by atoms with E-state index in [4.69, 9.17) is 0 Å². The molecule has 0 radical (unpaired) electrons. The summed E-state index contributed by atoms with van der Waals surface area (Å²) in [6.07, 6.45) is 4.32. The summed E-state index contributed by atoms with van der Waals surface area (Å²) in [5.74, 6) is -1.09. The second-order valence-corrected chi connectivity index (χ2v) is 10.2. The first-order valence-corrected chi connectivity index (χ1v) is 11.2. The van der Waals surface area contributed by atoms with Crippen molar-refractivity contribution in [2.45, 2.75) is 23.5 Å². The Morgan fingerprint density at radius 1 is 1.08 bits per heavy atom. The number of hydrogen-bond donors (Lipinski definition) is 1. The van der Waals surface area contributed by atoms with Gasteiger partial charge in [0.25, 0.3) is 10.0 Å². The van der Waals surface area contributed by atoms with Crippen LogP contribution in [0.25, 0.3) is 11.6 Å². The van der Waals surface area contributed by atoms with E-state index in [-0.39, 0.29) is 9.78 Å². The van der Waals surface area contributed by atoms with Gasteiger partial charge < -0.3 is 5.11 Å². The summed E-state index contributed by atoms with van der Waals surface area (Å²) in [6.45, 7) is 1.05. The number of aliphatic carboxylic acids is 1. The van der Waals surface area contributed by atoms with Crippen LogP contribution in [0.5, 0.6) is 0 Å². The molecule has 1 aromatic heterocycles. The van der Waals surface area contributed by atoms with Crippen LogP contribution in [0.15, 0.2) is 45.1 Å². The standard InChI is InChI=1S/C18H18BrNO4S2/c19-14-6-4-13(5-7-14)12-15(18(21)22)16-8-9-17(25-16)26(23,24)20-10-2-1-3-11-20/h4-9,12H,1-3,10-11H2,(H,21,22)/b15-12-. The smallest absolute Gasteiger partial charge is 0.337 e. The van der Waals surface area contributed by atoms with Crippen molar-refractivity contribution in [2.75, 3.05) is 13.1 Å². The highest BCUT2D eigenvalue weighted by atomic mass is 79.9. The van der Waals surface area contributed by atoms with Crippen LogP contribution >= 0.6 is 27.3 Å². The molecule has 1 fully saturated rings. The highest BCUT2D eigenvalue weighted by Crippen LogP contribution is 2.32. The Balaban J connectivity index is 1.93. The van der Waals surface area contributed by atoms with Gasteiger partial charge in [-0.05, 0) is 48.7 Å². The lowest BCUT2D eigenvalue weighted by Gasteiger charge is -2.25. The van der Waals surface area contributed by atoms with Gasteiger partial charge in [-0.25, -0.2) is 13.2 Å². The van der Waals surface area contributed by atoms with Crippen molar-refractivity contribution in [1.82, 2.24) is 4.31 Å². The van der Waals surface area contributed by atoms with E-state index in [0.717, 1.165) is 40.6 Å². The van der Waals surface area contributed by atoms with Crippen molar-refractivity contribution in [3.8, 4) is 0 Å². The third-order valence-corrected chi connectivity index (χ3v) is 8.18. The number of carboxylic acids is 1. The third-order valence-electron chi connectivity index (χ3n) is 4.17. The van der Waals surface area contributed by atoms with Crippen molar-refractivity contribution in [1.29, 1.82) is 0 Å². The van der Waals surface area contributed by atoms with Crippen LogP contribution < -0.4 is 0 Å². The third kappa shape index (κ3) is 4.25. The number of piperidine rings is 1. The van der Waals surface area contributed by atoms with Gasteiger partial charge in [-0.2, -0.15) is 4.31 Å². The molecule has 0 bridgehead atoms. The van der Waals surface area contributed by atoms with Gasteiger partial charge in [0, 0.05) is 22.4 Å². The van der Waals surface area contributed by atoms with Crippen molar-refractivity contribution >= 4 is 54.9 Å². The molecule has 0 aliphatic carbocycles. The number of rotatable bonds is 5. The van der Waals surface area contributed by atoms with Gasteiger partial charge in [0.2, 0.25) is 0 Å². The first-order chi connectivity index (χ1) is 12.4. The zero-order valence-corrected chi connectivity index (χ0v) is 17.1. The molecule has 1 N–H and O–H groups in total. The number of carbonyl (C=O) groups is 1. The second kappa shape index (κ2) is 8.04. The zero-order chi connectivity index (χ0) is 18.7. The minimum absolute atomic E-state index is 0.0809. The van der Waals surface area contributed by atoms with Crippen molar-refractivity contribution < 1.29 is 18.3 Å². The van der Waals surface area contributed by atoms with Gasteiger partial charge in [-0.1, -0.05) is 34.5 Å². The lowest BCUT2D eigenvalue weighted by molar-refractivity contribution is -0.130. The quantitative estimate of drug-likeness (QED) is 0.681. The molecule has 0 spiro atoms. The number of nitrogens with zero attached hydrogens (tertiary/aromatic N) is 1. The monoisotopic (exact) mass is 455 g/mol. The Morgan fingerprint density at radius 2 is 1.73 bits per heavy atom. The SMILES string of the molecule is O=C(O)/C(=C\c1ccc(Br)cc1)c1ccc(S(=O)(=O)N2CCCCC2)s1. The fourth-order valence-corrected chi connectivity index (χ4v) is 6.05. The van der Waals surface area contributed by atoms with Crippen LogP contribution in [0.3, 0.4) is 0 Å². The molecule has 2 heterocycles. The van der Waals surface area contributed by atoms with Crippen molar-refractivity contribution in [3.63, 3.8) is 0 Å². The van der Waals surface area contributed by atoms with Gasteiger partial charge >= 0.3 is 5.97 Å². The molecule has 3 rings (SSSR count). The minimum Gasteiger partial charge on any atom is -0.478 e. The highest BCUT2D eigenvalue weighted by molar-refractivity contribution is 9.10. The first kappa shape index (κ1) is 19.3. The molecule has 138 valence electrons. The lowest BCUT2D eigenvalue weighted by atomic mass is 10.1. The average Bonchev–Trinajstić information content (AvgIpc) is 3.12. The summed E-state index contributed by atoms with van der Waals surface area (Å²) in [7, 11) is -3.55. The maximum absolute atomic E-state index is 12.8. The predicted octanol–water partition coefficient (Wildman–Crippen LogP) is 4.31. The second-order valence-electron chi connectivity index (χ2n) is 6.00. The van der Waals surface area contributed by atoms with Gasteiger partial charge in [-0.15, -0.1) is 11.3 Å². The largest absolute Gasteiger partial charge is 0.478 e. The molecule has 26 heavy (non-hydrogen) atoms. The molecule has 0 saturated carbocycles. The van der Waals surface area contributed by atoms with Crippen LogP contribution in [0.2, 0.25) is 0 Å². The molecule has 1 aliphatic rings. The van der Waals surface area contributed by atoms with Crippen LogP contribution in [-0.2, 0) is 14.8 Å². The normalized spacial score (nSPS) is 16.6. The van der Waals surface area contributed by atoms with E-state index in [1.807, 2.05) is 12.1 Å². The number of carboxylic acid groups (broad SMARTS) is 1. The molecule has 0 unspecified atom stereocenters. The van der Waals surface area contributed by atoms with E-state index in [0.29, 0.717) is 18.0 Å². The summed E-state index contributed by atoms with van der Waals surface area (Å²) >= 11 is 4.35. The van der Waals surface area contributed by atoms with E-state index in [9.17, 15) is 18.3 Å². The van der Waals surface area contributed by atoms with E-state index >= 15 is 0 Å². The molecule has 0 atom stereocenters. The molecule has 2 aromatic rings. The number of hydrogen-bond acceptors (Lipinski definition) is 4. The van der Waals surface area contributed by atoms with Crippen LogP contribution in [0.4, 0.5) is 0 Å². The van der Waals surface area contributed by atoms with E-state index < -0.39 is 16.0 Å². The van der Waals surface area contributed by atoms with Gasteiger partial charge in [0.1, 0.15) is 4.21 Å². The maximum atomic E-state index is 12.8. The van der Waals surface area contributed by atoms with Crippen LogP contribution in [0, 0.1) is 0 Å². The number of sulfonamides is 1. The van der Waals surface area contributed by atoms with Gasteiger partial charge in [-0.3, -0.25) is 0 Å². The fourth-order valence-electron chi connectivity index (χ4n) is 2.80. The Labute approximate surface area is 165 Å². The molecule has 5 nitrogen and oxygen atoms in total. The fraction of sp³-hybridized carbons (Fsp3) is 0.278. The number of halogens is 1. The lowest BCUT2D eigenvalue weighted by Crippen LogP contribution is -2.35. The Kier molecular flexibility index (Phi) is 5.96. The molecule has 1 aromatic carbocycles. The van der Waals surface area contributed by atoms with E-state index in [1.54, 1.807) is 24.3 Å². The zero-order valence-electron chi connectivity index (χ0n) is 13.9. The molecule has 0 amide bonds. The van der Waals surface area contributed by atoms with E-state index in [1.165, 1.54) is 10.4 Å². The molecular weight excluding hydrogens is 438 g/mol. The Bertz CT molecular complexity index is 926. The minimum atomic E-state index is -3.55. The van der Waals surface area contributed by atoms with E-state index in [2.05, 4.69) is 15.9 Å². The van der Waals surface area contributed by atoms with Crippen LogP contribution in [0.1, 0.15) is 29.7 Å². The molecular formula is C18H18BrNO4S2. The predicted molar refractivity (Wildman–Crippen MR) is 107 cm³/mol. The highest BCUT2D eigenvalue weighted by Gasteiger charge is 2.28. The summed E-state index contributed by atoms with van der Waals surface area (Å²) in [4.78, 5) is 12.1. The van der Waals surface area contributed by atoms with Gasteiger partial charge in [0.15, 0.2) is 0 Å². The molecule has 1 aliphatic heterocycles. The first-order valence-electron chi connectivity index (χ1n) is 8.19. The molecule has 8 heteroatoms. The Morgan fingerprint density at radius 3 is 2.35 bits per heavy atom. The summed E-state index contributed by atoms with van der Waals surface area (Å²) in [6, 6.07) is 10.3. The summed E-state index contributed by atoms with van der Waals surface area (Å²) < 4.78 is 28.1. The number of thiophene rings is 1. The molecule has 1 saturated heterocycles. The number of benzene rings is 1.